The molecule has 0 atom stereocenters. The summed E-state index contributed by atoms with van der Waals surface area (Å²) in [4.78, 5) is 26.2. The van der Waals surface area contributed by atoms with E-state index in [1.54, 1.807) is 11.9 Å². The van der Waals surface area contributed by atoms with Gasteiger partial charge in [0, 0.05) is 12.2 Å². The summed E-state index contributed by atoms with van der Waals surface area (Å²) in [5.74, 6) is -0.197. The molecule has 0 unspecified atom stereocenters. The standard InChI is InChI=1S/C23H31N3O2/c1-16-12-18(3)23(19(4)13-16)25-22(28)15-26(5)14-21(27)24-11-10-20-9-7-6-8-17(20)2/h6-9,12-13H,10-11,14-15H2,1-5H3,(H,24,27)(H,25,28). The number of aryl methyl sites for hydroxylation is 4. The van der Waals surface area contributed by atoms with Gasteiger partial charge in [0.05, 0.1) is 13.1 Å². The van der Waals surface area contributed by atoms with Crippen LogP contribution in [0.15, 0.2) is 36.4 Å². The highest BCUT2D eigenvalue weighted by molar-refractivity contribution is 5.94. The van der Waals surface area contributed by atoms with Crippen molar-refractivity contribution in [1.82, 2.24) is 10.2 Å². The van der Waals surface area contributed by atoms with Gasteiger partial charge in [-0.3, -0.25) is 14.5 Å². The predicted molar refractivity (Wildman–Crippen MR) is 115 cm³/mol. The lowest BCUT2D eigenvalue weighted by Gasteiger charge is -2.18. The molecule has 0 aromatic heterocycles. The molecule has 2 N–H and O–H groups in total. The third-order valence-corrected chi connectivity index (χ3v) is 4.75. The number of likely N-dealkylation sites (N-methyl/N-ethyl adjacent to an activating group) is 1. The number of amides is 2. The smallest absolute Gasteiger partial charge is 0.238 e. The van der Waals surface area contributed by atoms with E-state index in [0.29, 0.717) is 6.54 Å². The molecule has 2 aromatic carbocycles. The van der Waals surface area contributed by atoms with E-state index < -0.39 is 0 Å². The number of hydrogen-bond donors (Lipinski definition) is 2. The van der Waals surface area contributed by atoms with E-state index in [-0.39, 0.29) is 24.9 Å². The molecule has 2 amide bonds. The highest BCUT2D eigenvalue weighted by Gasteiger charge is 2.13. The highest BCUT2D eigenvalue weighted by Crippen LogP contribution is 2.21. The number of carbonyl (C=O) groups is 2. The number of anilines is 1. The summed E-state index contributed by atoms with van der Waals surface area (Å²) in [7, 11) is 1.77. The Morgan fingerprint density at radius 1 is 0.893 bits per heavy atom. The van der Waals surface area contributed by atoms with Gasteiger partial charge in [-0.25, -0.2) is 0 Å². The minimum Gasteiger partial charge on any atom is -0.355 e. The van der Waals surface area contributed by atoms with E-state index in [1.807, 2.05) is 45.0 Å². The van der Waals surface area contributed by atoms with E-state index in [2.05, 4.69) is 29.7 Å². The molecular formula is C23H31N3O2. The van der Waals surface area contributed by atoms with E-state index in [9.17, 15) is 9.59 Å². The third-order valence-electron chi connectivity index (χ3n) is 4.75. The zero-order chi connectivity index (χ0) is 20.7. The van der Waals surface area contributed by atoms with Crippen molar-refractivity contribution in [2.24, 2.45) is 0 Å². The normalized spacial score (nSPS) is 10.8. The minimum absolute atomic E-state index is 0.0772. The van der Waals surface area contributed by atoms with Crippen molar-refractivity contribution in [1.29, 1.82) is 0 Å². The summed E-state index contributed by atoms with van der Waals surface area (Å²) in [6.45, 7) is 9.02. The lowest BCUT2D eigenvalue weighted by Crippen LogP contribution is -2.39. The Labute approximate surface area is 168 Å². The van der Waals surface area contributed by atoms with Crippen molar-refractivity contribution >= 4 is 17.5 Å². The Balaban J connectivity index is 1.76. The Morgan fingerprint density at radius 2 is 1.50 bits per heavy atom. The summed E-state index contributed by atoms with van der Waals surface area (Å²) >= 11 is 0. The van der Waals surface area contributed by atoms with Gasteiger partial charge < -0.3 is 10.6 Å². The van der Waals surface area contributed by atoms with Crippen LogP contribution < -0.4 is 10.6 Å². The fraction of sp³-hybridized carbons (Fsp3) is 0.391. The SMILES string of the molecule is Cc1cc(C)c(NC(=O)CN(C)CC(=O)NCCc2ccccc2C)c(C)c1. The van der Waals surface area contributed by atoms with Crippen LogP contribution >= 0.6 is 0 Å². The van der Waals surface area contributed by atoms with E-state index in [1.165, 1.54) is 16.7 Å². The minimum atomic E-state index is -0.120. The van der Waals surface area contributed by atoms with Gasteiger partial charge in [-0.1, -0.05) is 42.0 Å². The fourth-order valence-corrected chi connectivity index (χ4v) is 3.39. The molecule has 28 heavy (non-hydrogen) atoms. The Kier molecular flexibility index (Phi) is 7.76. The number of nitrogens with zero attached hydrogens (tertiary/aromatic N) is 1. The van der Waals surface area contributed by atoms with Crippen LogP contribution in [0.3, 0.4) is 0 Å². The van der Waals surface area contributed by atoms with Crippen molar-refractivity contribution in [3.63, 3.8) is 0 Å². The van der Waals surface area contributed by atoms with E-state index in [0.717, 1.165) is 23.2 Å². The highest BCUT2D eigenvalue weighted by atomic mass is 16.2. The molecule has 5 heteroatoms. The lowest BCUT2D eigenvalue weighted by atomic mass is 10.1. The maximum atomic E-state index is 12.3. The molecule has 0 aliphatic rings. The van der Waals surface area contributed by atoms with Crippen LogP contribution in [-0.2, 0) is 16.0 Å². The summed E-state index contributed by atoms with van der Waals surface area (Å²) < 4.78 is 0. The Morgan fingerprint density at radius 3 is 2.14 bits per heavy atom. The average molecular weight is 382 g/mol. The van der Waals surface area contributed by atoms with Crippen LogP contribution in [0.25, 0.3) is 0 Å². The van der Waals surface area contributed by atoms with Gasteiger partial charge in [0.1, 0.15) is 0 Å². The second-order valence-electron chi connectivity index (χ2n) is 7.52. The first-order valence-electron chi connectivity index (χ1n) is 9.63. The molecule has 0 aliphatic heterocycles. The van der Waals surface area contributed by atoms with Crippen LogP contribution in [-0.4, -0.2) is 43.4 Å². The molecule has 2 rings (SSSR count). The van der Waals surface area contributed by atoms with Crippen molar-refractivity contribution < 1.29 is 9.59 Å². The van der Waals surface area contributed by atoms with Gasteiger partial charge in [0.15, 0.2) is 0 Å². The van der Waals surface area contributed by atoms with E-state index >= 15 is 0 Å². The van der Waals surface area contributed by atoms with Gasteiger partial charge in [-0.2, -0.15) is 0 Å². The Hall–Kier alpha value is -2.66. The molecule has 2 aromatic rings. The summed E-state index contributed by atoms with van der Waals surface area (Å²) in [6.07, 6.45) is 0.800. The van der Waals surface area contributed by atoms with Crippen molar-refractivity contribution in [2.45, 2.75) is 34.1 Å². The molecule has 5 nitrogen and oxygen atoms in total. The molecular weight excluding hydrogens is 350 g/mol. The van der Waals surface area contributed by atoms with Gasteiger partial charge in [-0.05, 0) is 63.4 Å². The van der Waals surface area contributed by atoms with E-state index in [4.69, 9.17) is 0 Å². The molecule has 0 saturated carbocycles. The molecule has 0 aliphatic carbocycles. The Bertz CT molecular complexity index is 822. The zero-order valence-electron chi connectivity index (χ0n) is 17.6. The zero-order valence-corrected chi connectivity index (χ0v) is 17.6. The molecule has 0 radical (unpaired) electrons. The third kappa shape index (κ3) is 6.50. The number of hydrogen-bond acceptors (Lipinski definition) is 3. The molecule has 0 heterocycles. The summed E-state index contributed by atoms with van der Waals surface area (Å²) in [6, 6.07) is 12.3. The van der Waals surface area contributed by atoms with Gasteiger partial charge in [0.2, 0.25) is 11.8 Å². The topological polar surface area (TPSA) is 61.4 Å². The van der Waals surface area contributed by atoms with Crippen LogP contribution in [0.5, 0.6) is 0 Å². The van der Waals surface area contributed by atoms with Crippen molar-refractivity contribution in [2.75, 3.05) is 32.0 Å². The van der Waals surface area contributed by atoms with Crippen LogP contribution in [0, 0.1) is 27.7 Å². The van der Waals surface area contributed by atoms with Crippen molar-refractivity contribution in [3.05, 3.63) is 64.2 Å². The molecule has 0 spiro atoms. The number of benzene rings is 2. The van der Waals surface area contributed by atoms with Crippen LogP contribution in [0.1, 0.15) is 27.8 Å². The first-order valence-corrected chi connectivity index (χ1v) is 9.63. The monoisotopic (exact) mass is 381 g/mol. The van der Waals surface area contributed by atoms with Crippen molar-refractivity contribution in [3.8, 4) is 0 Å². The van der Waals surface area contributed by atoms with Crippen LogP contribution in [0.4, 0.5) is 5.69 Å². The van der Waals surface area contributed by atoms with Crippen LogP contribution in [0.2, 0.25) is 0 Å². The quantitative estimate of drug-likeness (QED) is 0.738. The molecule has 0 saturated heterocycles. The van der Waals surface area contributed by atoms with Gasteiger partial charge >= 0.3 is 0 Å². The number of nitrogens with one attached hydrogen (secondary N) is 2. The summed E-state index contributed by atoms with van der Waals surface area (Å²) in [5.41, 5.74) is 6.58. The molecule has 0 fully saturated rings. The lowest BCUT2D eigenvalue weighted by molar-refractivity contribution is -0.122. The second kappa shape index (κ2) is 10.0. The van der Waals surface area contributed by atoms with Gasteiger partial charge in [0.25, 0.3) is 0 Å². The maximum absolute atomic E-state index is 12.3. The predicted octanol–water partition coefficient (Wildman–Crippen LogP) is 3.15. The average Bonchev–Trinajstić information content (AvgIpc) is 2.59. The van der Waals surface area contributed by atoms with Gasteiger partial charge in [-0.15, -0.1) is 0 Å². The number of rotatable bonds is 8. The fourth-order valence-electron chi connectivity index (χ4n) is 3.39. The largest absolute Gasteiger partial charge is 0.355 e. The summed E-state index contributed by atoms with van der Waals surface area (Å²) in [5, 5.41) is 5.89. The number of carbonyl (C=O) groups excluding carboxylic acids is 2. The first-order chi connectivity index (χ1) is 13.3. The second-order valence-corrected chi connectivity index (χ2v) is 7.52. The maximum Gasteiger partial charge on any atom is 0.238 e. The molecule has 0 bridgehead atoms. The first kappa shape index (κ1) is 21.6. The molecule has 150 valence electrons.